The maximum Gasteiger partial charge on any atom is 0.341 e. The average molecular weight is 586 g/mol. The normalized spacial score (nSPS) is 17.3. The summed E-state index contributed by atoms with van der Waals surface area (Å²) < 4.78 is 5.84. The van der Waals surface area contributed by atoms with Crippen molar-refractivity contribution < 1.29 is 19.4 Å². The van der Waals surface area contributed by atoms with Crippen molar-refractivity contribution in [2.45, 2.75) is 70.9 Å². The van der Waals surface area contributed by atoms with E-state index in [0.29, 0.717) is 41.8 Å². The molecule has 0 radical (unpaired) electrons. The number of aliphatic carboxylic acids is 1. The van der Waals surface area contributed by atoms with Crippen molar-refractivity contribution in [3.63, 3.8) is 0 Å². The number of rotatable bonds is 9. The van der Waals surface area contributed by atoms with E-state index in [4.69, 9.17) is 15.1 Å². The van der Waals surface area contributed by atoms with Crippen LogP contribution in [0, 0.1) is 5.41 Å². The third-order valence-electron chi connectivity index (χ3n) is 7.46. The third kappa shape index (κ3) is 6.10. The average Bonchev–Trinajstić information content (AvgIpc) is 3.49. The number of carboxylic acids is 1. The zero-order valence-corrected chi connectivity index (χ0v) is 24.1. The first kappa shape index (κ1) is 28.2. The molecule has 38 heavy (non-hydrogen) atoms. The largest absolute Gasteiger partial charge is 0.481 e. The van der Waals surface area contributed by atoms with Crippen LogP contribution in [0.3, 0.4) is 0 Å². The number of Topliss-reactive ketones (excluding diaryl/α,β-unsaturated/α-hetero) is 1. The molecule has 5 rings (SSSR count). The zero-order chi connectivity index (χ0) is 26.3. The summed E-state index contributed by atoms with van der Waals surface area (Å²) in [7, 11) is 0. The van der Waals surface area contributed by atoms with Crippen molar-refractivity contribution in [2.24, 2.45) is 0 Å². The summed E-state index contributed by atoms with van der Waals surface area (Å²) in [6.45, 7) is 8.85. The summed E-state index contributed by atoms with van der Waals surface area (Å²) in [6, 6.07) is 7.83. The number of hydrogen-bond donors (Lipinski definition) is 2. The molecule has 0 unspecified atom stereocenters. The lowest BCUT2D eigenvalue weighted by Gasteiger charge is -2.27. The van der Waals surface area contributed by atoms with Crippen molar-refractivity contribution in [3.05, 3.63) is 57.9 Å². The van der Waals surface area contributed by atoms with E-state index < -0.39 is 12.6 Å². The molecule has 1 saturated carbocycles. The lowest BCUT2D eigenvalue weighted by molar-refractivity contribution is -0.139. The number of carbonyl (C=O) groups excluding carboxylic acids is 1. The Hall–Kier alpha value is -2.78. The molecule has 0 atom stereocenters. The number of aromatic nitrogens is 1. The number of carboxylic acid groups (broad SMARTS) is 1. The molecule has 0 bridgehead atoms. The van der Waals surface area contributed by atoms with Gasteiger partial charge in [0, 0.05) is 47.0 Å². The fourth-order valence-electron chi connectivity index (χ4n) is 5.29. The van der Waals surface area contributed by atoms with Crippen LogP contribution in [0.15, 0.2) is 24.3 Å². The third-order valence-corrected chi connectivity index (χ3v) is 7.46. The van der Waals surface area contributed by atoms with E-state index in [1.807, 2.05) is 32.9 Å². The number of benzene rings is 1. The number of hydrogen-bond acceptors (Lipinski definition) is 6. The Labute approximate surface area is 234 Å². The van der Waals surface area contributed by atoms with Gasteiger partial charge in [0.05, 0.1) is 6.54 Å². The number of likely N-dealkylation sites (tertiary alicyclic amines) is 1. The molecule has 2 aliphatic heterocycles. The van der Waals surface area contributed by atoms with Gasteiger partial charge >= 0.3 is 5.97 Å². The van der Waals surface area contributed by atoms with Crippen LogP contribution in [0.1, 0.15) is 90.8 Å². The Morgan fingerprint density at radius 2 is 1.87 bits per heavy atom. The van der Waals surface area contributed by atoms with Gasteiger partial charge in [-0.3, -0.25) is 15.1 Å². The van der Waals surface area contributed by atoms with Gasteiger partial charge in [0.2, 0.25) is 0 Å². The highest BCUT2D eigenvalue weighted by atomic mass is 79.9. The van der Waals surface area contributed by atoms with E-state index in [1.165, 1.54) is 0 Å². The van der Waals surface area contributed by atoms with Crippen LogP contribution in [0.2, 0.25) is 0 Å². The fourth-order valence-corrected chi connectivity index (χ4v) is 5.29. The molecule has 204 valence electrons. The fraction of sp³-hybridized carbons (Fsp3) is 0.517. The highest BCUT2D eigenvalue weighted by molar-refractivity contribution is 8.93. The van der Waals surface area contributed by atoms with E-state index in [0.717, 1.165) is 61.2 Å². The van der Waals surface area contributed by atoms with Gasteiger partial charge in [0.25, 0.3) is 0 Å². The molecule has 2 N–H and O–H groups in total. The van der Waals surface area contributed by atoms with Crippen LogP contribution < -0.4 is 4.74 Å². The maximum atomic E-state index is 13.6. The maximum absolute atomic E-state index is 13.6. The molecule has 0 amide bonds. The second-order valence-electron chi connectivity index (χ2n) is 11.6. The van der Waals surface area contributed by atoms with E-state index >= 15 is 0 Å². The minimum atomic E-state index is -1.03. The molecule has 1 aromatic carbocycles. The number of ether oxygens (including phenoxy) is 1. The number of ketones is 1. The SMILES string of the molecule is Br.CC(C)(C)c1cc(C(=O)CN2Cc3ccc(C4CC4)nc3C2=N)cc(CN2CCCC2)c1OCC(=O)O. The number of nitrogens with zero attached hydrogens (tertiary/aromatic N) is 3. The van der Waals surface area contributed by atoms with Gasteiger partial charge in [-0.1, -0.05) is 26.8 Å². The van der Waals surface area contributed by atoms with E-state index in [2.05, 4.69) is 17.0 Å². The van der Waals surface area contributed by atoms with Crippen molar-refractivity contribution in [2.75, 3.05) is 26.2 Å². The molecular weight excluding hydrogens is 548 g/mol. The van der Waals surface area contributed by atoms with Gasteiger partial charge in [0.1, 0.15) is 17.3 Å². The molecule has 8 nitrogen and oxygen atoms in total. The zero-order valence-electron chi connectivity index (χ0n) is 22.4. The molecule has 9 heteroatoms. The van der Waals surface area contributed by atoms with E-state index in [9.17, 15) is 14.7 Å². The molecule has 3 aliphatic rings. The van der Waals surface area contributed by atoms with Crippen LogP contribution in [-0.4, -0.2) is 63.7 Å². The lowest BCUT2D eigenvalue weighted by atomic mass is 9.83. The molecule has 2 aromatic rings. The molecule has 0 spiro atoms. The number of carbonyl (C=O) groups is 2. The molecule has 3 heterocycles. The van der Waals surface area contributed by atoms with Gasteiger partial charge in [-0.2, -0.15) is 0 Å². The van der Waals surface area contributed by atoms with Gasteiger partial charge < -0.3 is 14.7 Å². The Morgan fingerprint density at radius 3 is 2.50 bits per heavy atom. The number of halogens is 1. The predicted molar refractivity (Wildman–Crippen MR) is 151 cm³/mol. The summed E-state index contributed by atoms with van der Waals surface area (Å²) in [5.41, 5.74) is 4.61. The minimum Gasteiger partial charge on any atom is -0.481 e. The second kappa shape index (κ2) is 11.1. The molecular formula is C29H37BrN4O4. The summed E-state index contributed by atoms with van der Waals surface area (Å²) >= 11 is 0. The van der Waals surface area contributed by atoms with Crippen molar-refractivity contribution in [1.82, 2.24) is 14.8 Å². The first-order chi connectivity index (χ1) is 17.6. The summed E-state index contributed by atoms with van der Waals surface area (Å²) in [5, 5.41) is 18.0. The first-order valence-electron chi connectivity index (χ1n) is 13.2. The van der Waals surface area contributed by atoms with Crippen LogP contribution in [0.25, 0.3) is 0 Å². The van der Waals surface area contributed by atoms with Crippen LogP contribution in [0.5, 0.6) is 5.75 Å². The van der Waals surface area contributed by atoms with Gasteiger partial charge in [-0.25, -0.2) is 9.78 Å². The smallest absolute Gasteiger partial charge is 0.341 e. The first-order valence-corrected chi connectivity index (χ1v) is 13.2. The van der Waals surface area contributed by atoms with Crippen LogP contribution in [-0.2, 0) is 23.3 Å². The summed E-state index contributed by atoms with van der Waals surface area (Å²) in [4.78, 5) is 33.8. The summed E-state index contributed by atoms with van der Waals surface area (Å²) in [6.07, 6.45) is 4.57. The Kier molecular flexibility index (Phi) is 8.28. The standard InChI is InChI=1S/C29H36N4O4.BrH/c1-29(2,3)22-13-20(12-21(14-32-10-4-5-11-32)27(22)37-17-25(35)36)24(34)16-33-15-19-8-9-23(18-6-7-18)31-26(19)28(33)30;/h8-9,12-13,18,30H,4-7,10-11,14-17H2,1-3H3,(H,35,36);1H. The molecule has 1 aliphatic carbocycles. The molecule has 2 fully saturated rings. The highest BCUT2D eigenvalue weighted by Crippen LogP contribution is 2.40. The molecule has 1 aromatic heterocycles. The number of pyridine rings is 1. The van der Waals surface area contributed by atoms with Crippen molar-refractivity contribution in [3.8, 4) is 5.75 Å². The quantitative estimate of drug-likeness (QED) is 0.403. The summed E-state index contributed by atoms with van der Waals surface area (Å²) in [5.74, 6) is 0.285. The van der Waals surface area contributed by atoms with E-state index in [-0.39, 0.29) is 34.7 Å². The monoisotopic (exact) mass is 584 g/mol. The van der Waals surface area contributed by atoms with Gasteiger partial charge in [0.15, 0.2) is 12.4 Å². The number of fused-ring (bicyclic) bond motifs is 1. The number of nitrogens with one attached hydrogen (secondary N) is 1. The topological polar surface area (TPSA) is 107 Å². The van der Waals surface area contributed by atoms with Crippen molar-refractivity contribution >= 4 is 34.6 Å². The highest BCUT2D eigenvalue weighted by Gasteiger charge is 2.32. The van der Waals surface area contributed by atoms with Gasteiger partial charge in [-0.05, 0) is 62.4 Å². The van der Waals surface area contributed by atoms with Crippen molar-refractivity contribution in [1.29, 1.82) is 5.41 Å². The van der Waals surface area contributed by atoms with Crippen LogP contribution >= 0.6 is 17.0 Å². The Balaban J connectivity index is 0.00000336. The Bertz CT molecular complexity index is 1250. The van der Waals surface area contributed by atoms with Crippen LogP contribution in [0.4, 0.5) is 0 Å². The lowest BCUT2D eigenvalue weighted by Crippen LogP contribution is -2.31. The van der Waals surface area contributed by atoms with E-state index in [1.54, 1.807) is 4.90 Å². The molecule has 1 saturated heterocycles. The number of amidine groups is 1. The predicted octanol–water partition coefficient (Wildman–Crippen LogP) is 4.92. The Morgan fingerprint density at radius 1 is 1.16 bits per heavy atom. The minimum absolute atomic E-state index is 0. The van der Waals surface area contributed by atoms with Gasteiger partial charge in [-0.15, -0.1) is 17.0 Å². The second-order valence-corrected chi connectivity index (χ2v) is 11.6.